The van der Waals surface area contributed by atoms with Gasteiger partial charge in [0.15, 0.2) is 16.6 Å². The summed E-state index contributed by atoms with van der Waals surface area (Å²) >= 11 is 1.44. The van der Waals surface area contributed by atoms with E-state index in [9.17, 15) is 4.79 Å². The lowest BCUT2D eigenvalue weighted by Crippen LogP contribution is -2.37. The highest BCUT2D eigenvalue weighted by atomic mass is 32.1. The second-order valence-electron chi connectivity index (χ2n) is 5.93. The summed E-state index contributed by atoms with van der Waals surface area (Å²) in [6.45, 7) is 2.88. The predicted octanol–water partition coefficient (Wildman–Crippen LogP) is 2.52. The van der Waals surface area contributed by atoms with Crippen LogP contribution in [0.3, 0.4) is 0 Å². The number of benzene rings is 1. The summed E-state index contributed by atoms with van der Waals surface area (Å²) in [5.74, 6) is 1.58. The number of nitrogens with one attached hydrogen (secondary N) is 2. The Morgan fingerprint density at radius 1 is 1.29 bits per heavy atom. The standard InChI is InChI=1S/C17H19N3O3S/c21-16(12-2-1-5-18-9-12)20-17-19-13(10-24-17)11-3-4-14-15(8-11)23-7-6-22-14/h3-4,8,10,12,18H,1-2,5-7,9H2,(H,19,20,21). The van der Waals surface area contributed by atoms with Crippen LogP contribution in [0.4, 0.5) is 5.13 Å². The minimum Gasteiger partial charge on any atom is -0.486 e. The average molecular weight is 345 g/mol. The van der Waals surface area contributed by atoms with E-state index in [1.807, 2.05) is 23.6 Å². The zero-order valence-electron chi connectivity index (χ0n) is 13.2. The molecule has 1 amide bonds. The number of anilines is 1. The van der Waals surface area contributed by atoms with E-state index in [1.165, 1.54) is 11.3 Å². The molecular formula is C17H19N3O3S. The molecule has 0 bridgehead atoms. The molecule has 2 aliphatic heterocycles. The summed E-state index contributed by atoms with van der Waals surface area (Å²) in [7, 11) is 0. The zero-order valence-corrected chi connectivity index (χ0v) is 14.0. The monoisotopic (exact) mass is 345 g/mol. The van der Waals surface area contributed by atoms with Crippen LogP contribution in [0, 0.1) is 5.92 Å². The van der Waals surface area contributed by atoms with E-state index in [-0.39, 0.29) is 11.8 Å². The number of thiazole rings is 1. The highest BCUT2D eigenvalue weighted by molar-refractivity contribution is 7.14. The van der Waals surface area contributed by atoms with Gasteiger partial charge < -0.3 is 20.1 Å². The third kappa shape index (κ3) is 3.22. The van der Waals surface area contributed by atoms with Crippen LogP contribution in [0.5, 0.6) is 11.5 Å². The fourth-order valence-electron chi connectivity index (χ4n) is 2.95. The Hall–Kier alpha value is -2.12. The lowest BCUT2D eigenvalue weighted by Gasteiger charge is -2.21. The van der Waals surface area contributed by atoms with Crippen molar-refractivity contribution in [2.24, 2.45) is 5.92 Å². The molecule has 4 rings (SSSR count). The third-order valence-corrected chi connectivity index (χ3v) is 5.00. The maximum Gasteiger partial charge on any atom is 0.230 e. The molecule has 126 valence electrons. The first-order valence-corrected chi connectivity index (χ1v) is 9.05. The Bertz CT molecular complexity index is 740. The number of fused-ring (bicyclic) bond motifs is 1. The maximum atomic E-state index is 12.3. The van der Waals surface area contributed by atoms with Crippen LogP contribution in [-0.2, 0) is 4.79 Å². The van der Waals surface area contributed by atoms with E-state index in [1.54, 1.807) is 0 Å². The van der Waals surface area contributed by atoms with E-state index in [0.29, 0.717) is 18.3 Å². The van der Waals surface area contributed by atoms with Crippen molar-refractivity contribution in [1.29, 1.82) is 0 Å². The number of carbonyl (C=O) groups excluding carboxylic acids is 1. The van der Waals surface area contributed by atoms with Gasteiger partial charge in [-0.1, -0.05) is 0 Å². The van der Waals surface area contributed by atoms with Gasteiger partial charge in [-0.25, -0.2) is 4.98 Å². The van der Waals surface area contributed by atoms with Crippen molar-refractivity contribution < 1.29 is 14.3 Å². The van der Waals surface area contributed by atoms with Gasteiger partial charge in [0.25, 0.3) is 0 Å². The summed E-state index contributed by atoms with van der Waals surface area (Å²) in [6, 6.07) is 5.79. The van der Waals surface area contributed by atoms with Crippen LogP contribution in [0.25, 0.3) is 11.3 Å². The highest BCUT2D eigenvalue weighted by Crippen LogP contribution is 2.35. The van der Waals surface area contributed by atoms with Crippen LogP contribution in [0.2, 0.25) is 0 Å². The van der Waals surface area contributed by atoms with Crippen molar-refractivity contribution >= 4 is 22.4 Å². The van der Waals surface area contributed by atoms with Gasteiger partial charge in [0.1, 0.15) is 13.2 Å². The first kappa shape index (κ1) is 15.4. The molecule has 6 nitrogen and oxygen atoms in total. The fourth-order valence-corrected chi connectivity index (χ4v) is 3.67. The van der Waals surface area contributed by atoms with Crippen LogP contribution in [0.15, 0.2) is 23.6 Å². The first-order chi connectivity index (χ1) is 11.8. The quantitative estimate of drug-likeness (QED) is 0.894. The van der Waals surface area contributed by atoms with Crippen LogP contribution >= 0.6 is 11.3 Å². The lowest BCUT2D eigenvalue weighted by atomic mass is 9.99. The minimum atomic E-state index is 0.0281. The molecule has 0 radical (unpaired) electrons. The van der Waals surface area contributed by atoms with E-state index in [2.05, 4.69) is 15.6 Å². The second kappa shape index (κ2) is 6.78. The SMILES string of the molecule is O=C(Nc1nc(-c2ccc3c(c2)OCCO3)cs1)C1CCCNC1. The molecule has 1 saturated heterocycles. The van der Waals surface area contributed by atoms with Gasteiger partial charge in [0.2, 0.25) is 5.91 Å². The number of aromatic nitrogens is 1. The van der Waals surface area contributed by atoms with E-state index in [0.717, 1.165) is 48.7 Å². The topological polar surface area (TPSA) is 72.5 Å². The normalized spacial score (nSPS) is 19.8. The van der Waals surface area contributed by atoms with Crippen molar-refractivity contribution in [3.05, 3.63) is 23.6 Å². The maximum absolute atomic E-state index is 12.3. The van der Waals surface area contributed by atoms with Gasteiger partial charge in [-0.15, -0.1) is 11.3 Å². The Labute approximate surface area is 144 Å². The van der Waals surface area contributed by atoms with Crippen molar-refractivity contribution in [3.63, 3.8) is 0 Å². The molecule has 1 unspecified atom stereocenters. The molecule has 1 aromatic heterocycles. The molecule has 3 heterocycles. The summed E-state index contributed by atoms with van der Waals surface area (Å²) in [5.41, 5.74) is 1.78. The second-order valence-corrected chi connectivity index (χ2v) is 6.79. The smallest absolute Gasteiger partial charge is 0.230 e. The van der Waals surface area contributed by atoms with Crippen LogP contribution < -0.4 is 20.1 Å². The number of ether oxygens (including phenoxy) is 2. The van der Waals surface area contributed by atoms with Crippen molar-refractivity contribution in [2.45, 2.75) is 12.8 Å². The molecule has 2 N–H and O–H groups in total. The third-order valence-electron chi connectivity index (χ3n) is 4.24. The van der Waals surface area contributed by atoms with Crippen molar-refractivity contribution in [1.82, 2.24) is 10.3 Å². The van der Waals surface area contributed by atoms with Gasteiger partial charge in [-0.05, 0) is 37.6 Å². The van der Waals surface area contributed by atoms with E-state index >= 15 is 0 Å². The van der Waals surface area contributed by atoms with Crippen LogP contribution in [-0.4, -0.2) is 37.2 Å². The van der Waals surface area contributed by atoms with Gasteiger partial charge >= 0.3 is 0 Å². The summed E-state index contributed by atoms with van der Waals surface area (Å²) in [5, 5.41) is 8.77. The number of amides is 1. The predicted molar refractivity (Wildman–Crippen MR) is 92.8 cm³/mol. The highest BCUT2D eigenvalue weighted by Gasteiger charge is 2.22. The van der Waals surface area contributed by atoms with Gasteiger partial charge in [0, 0.05) is 17.5 Å². The molecule has 1 atom stereocenters. The Morgan fingerprint density at radius 2 is 2.17 bits per heavy atom. The molecule has 0 saturated carbocycles. The lowest BCUT2D eigenvalue weighted by molar-refractivity contribution is -0.120. The Kier molecular flexibility index (Phi) is 4.36. The zero-order chi connectivity index (χ0) is 16.4. The number of carbonyl (C=O) groups is 1. The number of hydrogen-bond acceptors (Lipinski definition) is 6. The molecule has 24 heavy (non-hydrogen) atoms. The van der Waals surface area contributed by atoms with E-state index in [4.69, 9.17) is 9.47 Å². The van der Waals surface area contributed by atoms with Crippen molar-refractivity contribution in [3.8, 4) is 22.8 Å². The van der Waals surface area contributed by atoms with Gasteiger partial charge in [-0.2, -0.15) is 0 Å². The summed E-state index contributed by atoms with van der Waals surface area (Å²) in [4.78, 5) is 16.8. The molecule has 1 fully saturated rings. The molecule has 1 aromatic carbocycles. The molecule has 2 aliphatic rings. The fraction of sp³-hybridized carbons (Fsp3) is 0.412. The number of nitrogens with zero attached hydrogens (tertiary/aromatic N) is 1. The number of piperidine rings is 1. The van der Waals surface area contributed by atoms with Gasteiger partial charge in [0.05, 0.1) is 11.6 Å². The summed E-state index contributed by atoms with van der Waals surface area (Å²) in [6.07, 6.45) is 1.97. The number of rotatable bonds is 3. The molecular weight excluding hydrogens is 326 g/mol. The molecule has 2 aromatic rings. The molecule has 0 spiro atoms. The van der Waals surface area contributed by atoms with Crippen LogP contribution in [0.1, 0.15) is 12.8 Å². The minimum absolute atomic E-state index is 0.0281. The largest absolute Gasteiger partial charge is 0.486 e. The Balaban J connectivity index is 1.47. The average Bonchev–Trinajstić information content (AvgIpc) is 3.10. The number of hydrogen-bond donors (Lipinski definition) is 2. The van der Waals surface area contributed by atoms with Gasteiger partial charge in [-0.3, -0.25) is 4.79 Å². The summed E-state index contributed by atoms with van der Waals surface area (Å²) < 4.78 is 11.1. The molecule has 7 heteroatoms. The molecule has 0 aliphatic carbocycles. The first-order valence-electron chi connectivity index (χ1n) is 8.17. The van der Waals surface area contributed by atoms with E-state index < -0.39 is 0 Å². The van der Waals surface area contributed by atoms with Crippen molar-refractivity contribution in [2.75, 3.05) is 31.6 Å². The Morgan fingerprint density at radius 3 is 3.00 bits per heavy atom.